The molecular weight excluding hydrogens is 254 g/mol. The van der Waals surface area contributed by atoms with Crippen LogP contribution in [0.5, 0.6) is 0 Å². The van der Waals surface area contributed by atoms with Gasteiger partial charge in [0.2, 0.25) is 6.41 Å². The maximum Gasteiger partial charge on any atom is 0.263 e. The third-order valence-corrected chi connectivity index (χ3v) is 2.44. The van der Waals surface area contributed by atoms with Crippen molar-refractivity contribution in [3.05, 3.63) is 34.4 Å². The van der Waals surface area contributed by atoms with E-state index in [-0.39, 0.29) is 13.0 Å². The first-order chi connectivity index (χ1) is 8.36. The number of rotatable bonds is 3. The minimum atomic E-state index is -2.08. The van der Waals surface area contributed by atoms with Gasteiger partial charge in [0.1, 0.15) is 0 Å². The average molecular weight is 263 g/mol. The second-order valence-corrected chi connectivity index (χ2v) is 3.45. The number of hydrogen-bond acceptors (Lipinski definition) is 2. The molecule has 98 valence electrons. The predicted octanol–water partition coefficient (Wildman–Crippen LogP) is 2.17. The molecule has 0 aliphatic carbocycles. The fraction of sp³-hybridized carbons (Fsp3) is 0.273. The van der Waals surface area contributed by atoms with Gasteiger partial charge < -0.3 is 0 Å². The summed E-state index contributed by atoms with van der Waals surface area (Å²) in [6.07, 6.45) is 0.0976. The highest BCUT2D eigenvalue weighted by Gasteiger charge is 2.29. The Hall–Kier alpha value is -1.92. The van der Waals surface area contributed by atoms with Crippen LogP contribution >= 0.6 is 0 Å². The van der Waals surface area contributed by atoms with E-state index in [2.05, 4.69) is 0 Å². The normalized spacial score (nSPS) is 10.3. The number of carbonyl (C=O) groups is 2. The van der Waals surface area contributed by atoms with Gasteiger partial charge in [0.25, 0.3) is 5.91 Å². The Kier molecular flexibility index (Phi) is 4.05. The molecule has 0 aromatic heterocycles. The molecule has 1 rings (SSSR count). The van der Waals surface area contributed by atoms with E-state index in [0.29, 0.717) is 4.90 Å². The quantitative estimate of drug-likeness (QED) is 0.363. The van der Waals surface area contributed by atoms with Crippen LogP contribution < -0.4 is 0 Å². The van der Waals surface area contributed by atoms with Crippen LogP contribution in [0.25, 0.3) is 0 Å². The lowest BCUT2D eigenvalue weighted by Crippen LogP contribution is -2.31. The summed E-state index contributed by atoms with van der Waals surface area (Å²) in [5.74, 6) is -8.75. The molecule has 0 unspecified atom stereocenters. The monoisotopic (exact) mass is 263 g/mol. The van der Waals surface area contributed by atoms with E-state index in [9.17, 15) is 27.2 Å². The van der Waals surface area contributed by atoms with E-state index in [1.807, 2.05) is 0 Å². The maximum atomic E-state index is 13.4. The van der Waals surface area contributed by atoms with Gasteiger partial charge in [-0.2, -0.15) is 0 Å². The third kappa shape index (κ3) is 2.07. The van der Waals surface area contributed by atoms with Gasteiger partial charge in [-0.25, -0.2) is 17.6 Å². The van der Waals surface area contributed by atoms with Gasteiger partial charge in [-0.1, -0.05) is 0 Å². The van der Waals surface area contributed by atoms with Gasteiger partial charge in [-0.3, -0.25) is 14.5 Å². The fourth-order valence-electron chi connectivity index (χ4n) is 1.41. The first-order valence-electron chi connectivity index (χ1n) is 4.95. The predicted molar refractivity (Wildman–Crippen MR) is 53.8 cm³/mol. The lowest BCUT2D eigenvalue weighted by Gasteiger charge is -2.16. The zero-order chi connectivity index (χ0) is 14.0. The molecule has 0 fully saturated rings. The van der Waals surface area contributed by atoms with E-state index in [1.54, 1.807) is 0 Å². The van der Waals surface area contributed by atoms with Crippen molar-refractivity contribution in [2.45, 2.75) is 13.8 Å². The van der Waals surface area contributed by atoms with Crippen molar-refractivity contribution in [1.82, 2.24) is 4.90 Å². The van der Waals surface area contributed by atoms with Crippen molar-refractivity contribution in [3.63, 3.8) is 0 Å². The highest BCUT2D eigenvalue weighted by molar-refractivity contribution is 6.01. The number of nitrogens with zero attached hydrogens (tertiary/aromatic N) is 1. The molecule has 0 N–H and O–H groups in total. The topological polar surface area (TPSA) is 37.4 Å². The first-order valence-corrected chi connectivity index (χ1v) is 4.95. The molecule has 0 aliphatic rings. The van der Waals surface area contributed by atoms with Gasteiger partial charge in [-0.15, -0.1) is 0 Å². The zero-order valence-electron chi connectivity index (χ0n) is 9.56. The smallest absolute Gasteiger partial charge is 0.263 e. The average Bonchev–Trinajstić information content (AvgIpc) is 2.36. The molecule has 0 bridgehead atoms. The standard InChI is InChI=1S/C11H9F4NO2/c1-3-16(4-17)11(18)6-5(2)7(12)9(14)10(15)8(6)13/h4H,3H2,1-2H3. The highest BCUT2D eigenvalue weighted by atomic mass is 19.2. The fourth-order valence-corrected chi connectivity index (χ4v) is 1.41. The summed E-state index contributed by atoms with van der Waals surface area (Å²) in [7, 11) is 0. The molecule has 0 aliphatic heterocycles. The summed E-state index contributed by atoms with van der Waals surface area (Å²) in [6, 6.07) is 0. The minimum absolute atomic E-state index is 0.0976. The van der Waals surface area contributed by atoms with Crippen LogP contribution in [0.3, 0.4) is 0 Å². The van der Waals surface area contributed by atoms with Gasteiger partial charge in [0.05, 0.1) is 5.56 Å². The van der Waals surface area contributed by atoms with E-state index in [1.165, 1.54) is 6.92 Å². The number of amides is 2. The van der Waals surface area contributed by atoms with Crippen LogP contribution in [0, 0.1) is 30.2 Å². The lowest BCUT2D eigenvalue weighted by molar-refractivity contribution is -0.115. The molecule has 0 saturated carbocycles. The Labute approximate surface area is 100 Å². The lowest BCUT2D eigenvalue weighted by atomic mass is 10.1. The van der Waals surface area contributed by atoms with Crippen LogP contribution in [0.1, 0.15) is 22.8 Å². The molecule has 0 heterocycles. The Morgan fingerprint density at radius 2 is 1.61 bits per heavy atom. The number of hydrogen-bond donors (Lipinski definition) is 0. The second-order valence-electron chi connectivity index (χ2n) is 3.45. The minimum Gasteiger partial charge on any atom is -0.281 e. The van der Waals surface area contributed by atoms with E-state index in [4.69, 9.17) is 0 Å². The summed E-state index contributed by atoms with van der Waals surface area (Å²) in [5.41, 5.74) is -1.67. The van der Waals surface area contributed by atoms with Crippen molar-refractivity contribution in [3.8, 4) is 0 Å². The summed E-state index contributed by atoms with van der Waals surface area (Å²) < 4.78 is 52.6. The van der Waals surface area contributed by atoms with Crippen LogP contribution in [-0.2, 0) is 4.79 Å². The maximum absolute atomic E-state index is 13.4. The SMILES string of the molecule is CCN(C=O)C(=O)c1c(C)c(F)c(F)c(F)c1F. The van der Waals surface area contributed by atoms with Crippen LogP contribution in [0.4, 0.5) is 17.6 Å². The summed E-state index contributed by atoms with van der Waals surface area (Å²) in [4.78, 5) is 22.7. The van der Waals surface area contributed by atoms with Gasteiger partial charge in [0, 0.05) is 12.1 Å². The van der Waals surface area contributed by atoms with Crippen LogP contribution in [-0.4, -0.2) is 23.8 Å². The Morgan fingerprint density at radius 1 is 1.11 bits per heavy atom. The molecule has 0 spiro atoms. The molecule has 1 aromatic carbocycles. The first kappa shape index (κ1) is 14.1. The number of halogens is 4. The summed E-state index contributed by atoms with van der Waals surface area (Å²) in [6.45, 7) is 2.23. The molecule has 2 amide bonds. The molecule has 0 radical (unpaired) electrons. The van der Waals surface area contributed by atoms with Gasteiger partial charge in [0.15, 0.2) is 23.3 Å². The molecule has 7 heteroatoms. The molecular formula is C11H9F4NO2. The Balaban J connectivity index is 3.51. The second kappa shape index (κ2) is 5.16. The van der Waals surface area contributed by atoms with Crippen molar-refractivity contribution >= 4 is 12.3 Å². The molecule has 18 heavy (non-hydrogen) atoms. The largest absolute Gasteiger partial charge is 0.281 e. The van der Waals surface area contributed by atoms with Crippen molar-refractivity contribution in [1.29, 1.82) is 0 Å². The van der Waals surface area contributed by atoms with Crippen LogP contribution in [0.15, 0.2) is 0 Å². The van der Waals surface area contributed by atoms with Crippen molar-refractivity contribution in [2.24, 2.45) is 0 Å². The Morgan fingerprint density at radius 3 is 2.06 bits per heavy atom. The van der Waals surface area contributed by atoms with Crippen molar-refractivity contribution in [2.75, 3.05) is 6.54 Å². The molecule has 0 atom stereocenters. The summed E-state index contributed by atoms with van der Waals surface area (Å²) in [5, 5.41) is 0. The molecule has 3 nitrogen and oxygen atoms in total. The third-order valence-electron chi connectivity index (χ3n) is 2.44. The highest BCUT2D eigenvalue weighted by Crippen LogP contribution is 2.24. The van der Waals surface area contributed by atoms with E-state index >= 15 is 0 Å². The van der Waals surface area contributed by atoms with Crippen molar-refractivity contribution < 1.29 is 27.2 Å². The number of benzene rings is 1. The van der Waals surface area contributed by atoms with Gasteiger partial charge >= 0.3 is 0 Å². The van der Waals surface area contributed by atoms with E-state index < -0.39 is 40.3 Å². The number of imide groups is 1. The summed E-state index contributed by atoms with van der Waals surface area (Å²) >= 11 is 0. The molecule has 1 aromatic rings. The van der Waals surface area contributed by atoms with Gasteiger partial charge in [-0.05, 0) is 13.8 Å². The zero-order valence-corrected chi connectivity index (χ0v) is 9.56. The molecule has 0 saturated heterocycles. The van der Waals surface area contributed by atoms with E-state index in [0.717, 1.165) is 6.92 Å². The number of carbonyl (C=O) groups excluding carboxylic acids is 2. The van der Waals surface area contributed by atoms with Crippen LogP contribution in [0.2, 0.25) is 0 Å². The Bertz CT molecular complexity index is 487.